The smallest absolute Gasteiger partial charge is 0.336 e. The number of rotatable bonds is 11. The van der Waals surface area contributed by atoms with E-state index in [4.69, 9.17) is 4.74 Å². The van der Waals surface area contributed by atoms with Crippen molar-refractivity contribution in [3.05, 3.63) is 89.0 Å². The van der Waals surface area contributed by atoms with E-state index in [1.165, 1.54) is 31.2 Å². The van der Waals surface area contributed by atoms with Crippen molar-refractivity contribution >= 4 is 16.9 Å². The van der Waals surface area contributed by atoms with Crippen LogP contribution >= 0.6 is 0 Å². The number of hydrogen-bond donors (Lipinski definition) is 1. The van der Waals surface area contributed by atoms with Crippen LogP contribution < -0.4 is 4.74 Å². The maximum Gasteiger partial charge on any atom is 0.336 e. The zero-order chi connectivity index (χ0) is 25.7. The number of aromatic carboxylic acids is 1. The summed E-state index contributed by atoms with van der Waals surface area (Å²) in [6.07, 6.45) is 6.05. The first-order chi connectivity index (χ1) is 17.4. The minimum atomic E-state index is -0.883. The second kappa shape index (κ2) is 11.5. The minimum Gasteiger partial charge on any atom is -0.489 e. The molecule has 0 aliphatic rings. The zero-order valence-corrected chi connectivity index (χ0v) is 21.9. The zero-order valence-electron chi connectivity index (χ0n) is 21.9. The number of nitrogens with zero attached hydrogens (tertiary/aromatic N) is 1. The number of benzene rings is 3. The summed E-state index contributed by atoms with van der Waals surface area (Å²) < 4.78 is 8.20. The fraction of sp³-hybridized carbons (Fsp3) is 0.344. The Kier molecular flexibility index (Phi) is 8.14. The molecule has 1 atom stereocenters. The number of carbonyl (C=O) groups is 1. The average Bonchev–Trinajstić information content (AvgIpc) is 3.19. The van der Waals surface area contributed by atoms with Gasteiger partial charge in [0.25, 0.3) is 0 Å². The molecule has 0 radical (unpaired) electrons. The first-order valence-corrected chi connectivity index (χ1v) is 13.0. The van der Waals surface area contributed by atoms with Gasteiger partial charge < -0.3 is 14.4 Å². The van der Waals surface area contributed by atoms with E-state index in [1.807, 2.05) is 43.3 Å². The molecule has 0 fully saturated rings. The molecular weight excluding hydrogens is 446 g/mol. The van der Waals surface area contributed by atoms with Crippen molar-refractivity contribution in [1.29, 1.82) is 0 Å². The molecule has 0 bridgehead atoms. The molecule has 4 rings (SSSR count). The fourth-order valence-corrected chi connectivity index (χ4v) is 5.32. The van der Waals surface area contributed by atoms with Crippen LogP contribution in [-0.2, 0) is 13.7 Å². The highest BCUT2D eigenvalue weighted by molar-refractivity contribution is 6.00. The van der Waals surface area contributed by atoms with Crippen molar-refractivity contribution in [2.45, 2.75) is 65.4 Å². The van der Waals surface area contributed by atoms with Crippen LogP contribution in [0.15, 0.2) is 66.7 Å². The second-order valence-electron chi connectivity index (χ2n) is 9.81. The van der Waals surface area contributed by atoms with Crippen LogP contribution in [0.2, 0.25) is 0 Å². The molecule has 1 aromatic heterocycles. The van der Waals surface area contributed by atoms with Crippen LogP contribution in [0.4, 0.5) is 0 Å². The van der Waals surface area contributed by atoms with Gasteiger partial charge in [-0.2, -0.15) is 0 Å². The van der Waals surface area contributed by atoms with Crippen molar-refractivity contribution in [2.24, 2.45) is 7.05 Å². The van der Waals surface area contributed by atoms with Crippen molar-refractivity contribution in [3.8, 4) is 17.0 Å². The number of hydrogen-bond acceptors (Lipinski definition) is 2. The van der Waals surface area contributed by atoms with Crippen molar-refractivity contribution in [1.82, 2.24) is 4.57 Å². The molecule has 0 aliphatic carbocycles. The Morgan fingerprint density at radius 1 is 0.972 bits per heavy atom. The van der Waals surface area contributed by atoms with Crippen molar-refractivity contribution in [2.75, 3.05) is 0 Å². The largest absolute Gasteiger partial charge is 0.489 e. The number of carboxylic acids is 1. The van der Waals surface area contributed by atoms with Gasteiger partial charge in [0.2, 0.25) is 0 Å². The predicted octanol–water partition coefficient (Wildman–Crippen LogP) is 8.50. The van der Waals surface area contributed by atoms with Crippen LogP contribution in [0.25, 0.3) is 22.2 Å². The maximum atomic E-state index is 11.9. The van der Waals surface area contributed by atoms with Gasteiger partial charge >= 0.3 is 5.97 Å². The molecule has 4 heteroatoms. The minimum absolute atomic E-state index is 0.362. The average molecular weight is 484 g/mol. The van der Waals surface area contributed by atoms with Gasteiger partial charge in [-0.25, -0.2) is 4.79 Å². The van der Waals surface area contributed by atoms with E-state index in [9.17, 15) is 9.90 Å². The first-order valence-electron chi connectivity index (χ1n) is 13.0. The molecule has 0 amide bonds. The van der Waals surface area contributed by atoms with Crippen molar-refractivity contribution in [3.63, 3.8) is 0 Å². The van der Waals surface area contributed by atoms with Gasteiger partial charge in [0.1, 0.15) is 12.4 Å². The van der Waals surface area contributed by atoms with Gasteiger partial charge in [-0.15, -0.1) is 0 Å². The van der Waals surface area contributed by atoms with Gasteiger partial charge in [0, 0.05) is 12.4 Å². The van der Waals surface area contributed by atoms with Gasteiger partial charge in [-0.05, 0) is 71.8 Å². The molecule has 0 saturated heterocycles. The van der Waals surface area contributed by atoms with Crippen LogP contribution in [0.5, 0.6) is 5.75 Å². The van der Waals surface area contributed by atoms with Crippen LogP contribution in [-0.4, -0.2) is 15.6 Å². The summed E-state index contributed by atoms with van der Waals surface area (Å²) in [5.74, 6) is 0.316. The number of unbranched alkanes of at least 4 members (excludes halogenated alkanes) is 3. The summed E-state index contributed by atoms with van der Waals surface area (Å²) in [6.45, 7) is 7.00. The third-order valence-electron chi connectivity index (χ3n) is 7.24. The molecule has 36 heavy (non-hydrogen) atoms. The summed E-state index contributed by atoms with van der Waals surface area (Å²) in [5.41, 5.74) is 6.91. The lowest BCUT2D eigenvalue weighted by Gasteiger charge is -2.16. The third kappa shape index (κ3) is 5.33. The molecule has 3 aromatic carbocycles. The van der Waals surface area contributed by atoms with E-state index >= 15 is 0 Å². The molecular formula is C32H37NO3. The lowest BCUT2D eigenvalue weighted by molar-refractivity contribution is 0.0696. The van der Waals surface area contributed by atoms with E-state index < -0.39 is 5.97 Å². The molecule has 4 aromatic rings. The lowest BCUT2D eigenvalue weighted by atomic mass is 9.89. The van der Waals surface area contributed by atoms with Crippen LogP contribution in [0, 0.1) is 6.92 Å². The predicted molar refractivity (Wildman–Crippen MR) is 148 cm³/mol. The summed E-state index contributed by atoms with van der Waals surface area (Å²) in [5, 5.41) is 10.9. The van der Waals surface area contributed by atoms with E-state index in [1.54, 1.807) is 6.07 Å². The molecule has 0 aliphatic heterocycles. The monoisotopic (exact) mass is 483 g/mol. The number of ether oxygens (including phenoxy) is 1. The summed E-state index contributed by atoms with van der Waals surface area (Å²) in [6, 6.07) is 22.2. The Hall–Kier alpha value is -3.53. The molecule has 188 valence electrons. The third-order valence-corrected chi connectivity index (χ3v) is 7.24. The maximum absolute atomic E-state index is 11.9. The molecule has 0 saturated carbocycles. The van der Waals surface area contributed by atoms with E-state index in [-0.39, 0.29) is 0 Å². The number of carboxylic acid groups (broad SMARTS) is 1. The van der Waals surface area contributed by atoms with Crippen molar-refractivity contribution < 1.29 is 14.6 Å². The van der Waals surface area contributed by atoms with Gasteiger partial charge in [0.15, 0.2) is 0 Å². The summed E-state index contributed by atoms with van der Waals surface area (Å²) >= 11 is 0. The first kappa shape index (κ1) is 25.6. The second-order valence-corrected chi connectivity index (χ2v) is 9.81. The van der Waals surface area contributed by atoms with Gasteiger partial charge in [-0.1, -0.05) is 75.9 Å². The number of aromatic nitrogens is 1. The molecule has 4 nitrogen and oxygen atoms in total. The highest BCUT2D eigenvalue weighted by atomic mass is 16.5. The Balaban J connectivity index is 1.72. The number of fused-ring (bicyclic) bond motifs is 1. The quantitative estimate of drug-likeness (QED) is 0.218. The standard InChI is InChI=1S/C32H37NO3/c1-5-6-7-9-12-22(2)29-28-20-19-27(32(34)35)23(3)30(28)33(4)31(29)25-15-17-26(18-16-25)36-21-24-13-10-8-11-14-24/h8,10-11,13-20,22H,5-7,9,12,21H2,1-4H3,(H,34,35). The highest BCUT2D eigenvalue weighted by Gasteiger charge is 2.24. The Labute approximate surface area is 214 Å². The van der Waals surface area contributed by atoms with E-state index in [0.29, 0.717) is 18.1 Å². The summed E-state index contributed by atoms with van der Waals surface area (Å²) in [7, 11) is 2.06. The SMILES string of the molecule is CCCCCCC(C)c1c(-c2ccc(OCc3ccccc3)cc2)n(C)c2c(C)c(C(=O)O)ccc12. The topological polar surface area (TPSA) is 51.5 Å². The van der Waals surface area contributed by atoms with E-state index in [2.05, 4.69) is 49.7 Å². The summed E-state index contributed by atoms with van der Waals surface area (Å²) in [4.78, 5) is 11.9. The molecule has 1 heterocycles. The highest BCUT2D eigenvalue weighted by Crippen LogP contribution is 2.41. The fourth-order valence-electron chi connectivity index (χ4n) is 5.32. The number of aryl methyl sites for hydroxylation is 2. The molecule has 1 unspecified atom stereocenters. The Morgan fingerprint density at radius 3 is 2.36 bits per heavy atom. The lowest BCUT2D eigenvalue weighted by Crippen LogP contribution is -2.02. The normalized spacial score (nSPS) is 12.1. The Bertz CT molecular complexity index is 1320. The van der Waals surface area contributed by atoms with Gasteiger partial charge in [0.05, 0.1) is 16.8 Å². The molecule has 0 spiro atoms. The van der Waals surface area contributed by atoms with E-state index in [0.717, 1.165) is 45.5 Å². The van der Waals surface area contributed by atoms with Crippen LogP contribution in [0.1, 0.15) is 78.9 Å². The molecule has 1 N–H and O–H groups in total. The van der Waals surface area contributed by atoms with Crippen LogP contribution in [0.3, 0.4) is 0 Å². The Morgan fingerprint density at radius 2 is 1.69 bits per heavy atom. The van der Waals surface area contributed by atoms with Gasteiger partial charge in [-0.3, -0.25) is 0 Å².